The predicted molar refractivity (Wildman–Crippen MR) is 68.8 cm³/mol. The molecule has 0 rings (SSSR count). The number of ether oxygens (including phenoxy) is 2. The molecule has 0 radical (unpaired) electrons. The summed E-state index contributed by atoms with van der Waals surface area (Å²) in [5, 5.41) is 0. The van der Waals surface area contributed by atoms with Gasteiger partial charge in [0.05, 0.1) is 0 Å². The number of ketones is 1. The van der Waals surface area contributed by atoms with Gasteiger partial charge in [-0.25, -0.2) is 0 Å². The second-order valence-electron chi connectivity index (χ2n) is 4.51. The quantitative estimate of drug-likeness (QED) is 0.588. The highest BCUT2D eigenvalue weighted by Crippen LogP contribution is 2.17. The molecule has 0 heterocycles. The average molecular weight is 248 g/mol. The number of thioether (sulfide) groups is 1. The maximum Gasteiger partial charge on any atom is 0.158 e. The van der Waals surface area contributed by atoms with Crippen molar-refractivity contribution in [3.05, 3.63) is 0 Å². The van der Waals surface area contributed by atoms with Crippen LogP contribution >= 0.6 is 11.8 Å². The van der Waals surface area contributed by atoms with E-state index >= 15 is 0 Å². The minimum absolute atomic E-state index is 0.0784. The molecule has 0 N–H and O–H groups in total. The summed E-state index contributed by atoms with van der Waals surface area (Å²) in [6.07, 6.45) is -0.334. The third-order valence-corrected chi connectivity index (χ3v) is 3.78. The molecule has 0 aromatic heterocycles. The van der Waals surface area contributed by atoms with Crippen molar-refractivity contribution in [2.45, 2.75) is 33.8 Å². The molecule has 0 aliphatic rings. The molecule has 0 saturated heterocycles. The lowest BCUT2D eigenvalue weighted by Gasteiger charge is -2.21. The van der Waals surface area contributed by atoms with Crippen LogP contribution in [-0.4, -0.2) is 37.3 Å². The summed E-state index contributed by atoms with van der Waals surface area (Å²) in [6.45, 7) is 8.20. The molecule has 0 aromatic rings. The SMILES string of the molecule is COCOC(C(C)=O)C(C)CSCC(C)C. The molecule has 0 saturated carbocycles. The second-order valence-corrected chi connectivity index (χ2v) is 5.59. The fourth-order valence-electron chi connectivity index (χ4n) is 1.40. The summed E-state index contributed by atoms with van der Waals surface area (Å²) in [7, 11) is 1.56. The Labute approximate surface area is 103 Å². The summed E-state index contributed by atoms with van der Waals surface area (Å²) in [5.74, 6) is 3.07. The van der Waals surface area contributed by atoms with Crippen LogP contribution in [0.25, 0.3) is 0 Å². The van der Waals surface area contributed by atoms with Crippen molar-refractivity contribution < 1.29 is 14.3 Å². The van der Waals surface area contributed by atoms with E-state index in [9.17, 15) is 4.79 Å². The Morgan fingerprint density at radius 3 is 2.31 bits per heavy atom. The van der Waals surface area contributed by atoms with Crippen LogP contribution in [0.15, 0.2) is 0 Å². The molecule has 4 heteroatoms. The molecule has 3 nitrogen and oxygen atoms in total. The number of Topliss-reactive ketones (excluding diaryl/α,β-unsaturated/α-hetero) is 1. The van der Waals surface area contributed by atoms with Crippen molar-refractivity contribution in [3.8, 4) is 0 Å². The van der Waals surface area contributed by atoms with E-state index in [1.165, 1.54) is 0 Å². The first-order valence-electron chi connectivity index (χ1n) is 5.67. The molecular formula is C12H24O3S. The molecule has 0 aliphatic carbocycles. The van der Waals surface area contributed by atoms with Crippen LogP contribution in [0.3, 0.4) is 0 Å². The summed E-state index contributed by atoms with van der Waals surface area (Å²) in [5.41, 5.74) is 0. The van der Waals surface area contributed by atoms with Crippen molar-refractivity contribution in [1.82, 2.24) is 0 Å². The van der Waals surface area contributed by atoms with Gasteiger partial charge in [-0.1, -0.05) is 20.8 Å². The fourth-order valence-corrected chi connectivity index (χ4v) is 2.55. The van der Waals surface area contributed by atoms with E-state index < -0.39 is 0 Å². The predicted octanol–water partition coefficient (Wildman–Crippen LogP) is 2.59. The maximum atomic E-state index is 11.4. The minimum Gasteiger partial charge on any atom is -0.359 e. The van der Waals surface area contributed by atoms with Crippen molar-refractivity contribution in [3.63, 3.8) is 0 Å². The lowest BCUT2D eigenvalue weighted by molar-refractivity contribution is -0.141. The van der Waals surface area contributed by atoms with Crippen LogP contribution in [0.2, 0.25) is 0 Å². The van der Waals surface area contributed by atoms with Gasteiger partial charge in [0.25, 0.3) is 0 Å². The van der Waals surface area contributed by atoms with E-state index in [1.807, 2.05) is 11.8 Å². The van der Waals surface area contributed by atoms with Crippen LogP contribution in [0.4, 0.5) is 0 Å². The largest absolute Gasteiger partial charge is 0.359 e. The number of hydrogen-bond donors (Lipinski definition) is 0. The zero-order chi connectivity index (χ0) is 12.6. The van der Waals surface area contributed by atoms with Gasteiger partial charge in [0.1, 0.15) is 12.9 Å². The molecule has 16 heavy (non-hydrogen) atoms. The van der Waals surface area contributed by atoms with Gasteiger partial charge < -0.3 is 9.47 Å². The standard InChI is InChI=1S/C12H24O3S/c1-9(2)6-16-7-10(3)12(11(4)13)15-8-14-5/h9-10,12H,6-8H2,1-5H3. The number of hydrogen-bond acceptors (Lipinski definition) is 4. The third kappa shape index (κ3) is 7.25. The van der Waals surface area contributed by atoms with Gasteiger partial charge in [-0.2, -0.15) is 11.8 Å². The van der Waals surface area contributed by atoms with Crippen LogP contribution in [0.1, 0.15) is 27.7 Å². The van der Waals surface area contributed by atoms with E-state index in [0.29, 0.717) is 5.92 Å². The number of rotatable bonds is 9. The van der Waals surface area contributed by atoms with Crippen LogP contribution in [-0.2, 0) is 14.3 Å². The highest BCUT2D eigenvalue weighted by Gasteiger charge is 2.22. The Bertz CT molecular complexity index is 195. The summed E-state index contributed by atoms with van der Waals surface area (Å²) in [4.78, 5) is 11.4. The van der Waals surface area contributed by atoms with Crippen molar-refractivity contribution in [1.29, 1.82) is 0 Å². The van der Waals surface area contributed by atoms with Gasteiger partial charge in [-0.05, 0) is 30.3 Å². The van der Waals surface area contributed by atoms with Gasteiger partial charge in [0.2, 0.25) is 0 Å². The highest BCUT2D eigenvalue weighted by molar-refractivity contribution is 7.99. The lowest BCUT2D eigenvalue weighted by Crippen LogP contribution is -2.31. The van der Waals surface area contributed by atoms with Crippen LogP contribution in [0.5, 0.6) is 0 Å². The van der Waals surface area contributed by atoms with Gasteiger partial charge in [0.15, 0.2) is 5.78 Å². The average Bonchev–Trinajstić information content (AvgIpc) is 2.17. The topological polar surface area (TPSA) is 35.5 Å². The molecule has 0 aliphatic heterocycles. The van der Waals surface area contributed by atoms with E-state index in [-0.39, 0.29) is 24.6 Å². The monoisotopic (exact) mass is 248 g/mol. The third-order valence-electron chi connectivity index (χ3n) is 2.11. The molecule has 0 amide bonds. The molecule has 96 valence electrons. The molecule has 2 unspecified atom stereocenters. The van der Waals surface area contributed by atoms with Crippen LogP contribution in [0, 0.1) is 11.8 Å². The fraction of sp³-hybridized carbons (Fsp3) is 0.917. The Morgan fingerprint density at radius 2 is 1.88 bits per heavy atom. The molecule has 0 spiro atoms. The van der Waals surface area contributed by atoms with E-state index in [0.717, 1.165) is 11.5 Å². The number of carbonyl (C=O) groups is 1. The maximum absolute atomic E-state index is 11.4. The normalized spacial score (nSPS) is 15.1. The van der Waals surface area contributed by atoms with Crippen molar-refractivity contribution in [2.75, 3.05) is 25.4 Å². The zero-order valence-electron chi connectivity index (χ0n) is 11.0. The number of methoxy groups -OCH3 is 1. The first-order chi connectivity index (χ1) is 7.49. The Morgan fingerprint density at radius 1 is 1.25 bits per heavy atom. The smallest absolute Gasteiger partial charge is 0.158 e. The molecular weight excluding hydrogens is 224 g/mol. The lowest BCUT2D eigenvalue weighted by atomic mass is 10.0. The Kier molecular flexibility index (Phi) is 8.99. The Balaban J connectivity index is 3.96. The van der Waals surface area contributed by atoms with E-state index in [4.69, 9.17) is 9.47 Å². The first-order valence-corrected chi connectivity index (χ1v) is 6.83. The summed E-state index contributed by atoms with van der Waals surface area (Å²) < 4.78 is 10.2. The molecule has 2 atom stereocenters. The van der Waals surface area contributed by atoms with Crippen molar-refractivity contribution in [2.24, 2.45) is 11.8 Å². The zero-order valence-corrected chi connectivity index (χ0v) is 11.8. The molecule has 0 bridgehead atoms. The van der Waals surface area contributed by atoms with E-state index in [1.54, 1.807) is 14.0 Å². The highest BCUT2D eigenvalue weighted by atomic mass is 32.2. The second kappa shape index (κ2) is 9.02. The van der Waals surface area contributed by atoms with Crippen molar-refractivity contribution >= 4 is 17.5 Å². The Hall–Kier alpha value is -0.0600. The van der Waals surface area contributed by atoms with Crippen LogP contribution < -0.4 is 0 Å². The summed E-state index contributed by atoms with van der Waals surface area (Å²) in [6, 6.07) is 0. The van der Waals surface area contributed by atoms with E-state index in [2.05, 4.69) is 20.8 Å². The minimum atomic E-state index is -0.334. The first kappa shape index (κ1) is 15.9. The van der Waals surface area contributed by atoms with Gasteiger partial charge in [0, 0.05) is 7.11 Å². The van der Waals surface area contributed by atoms with Gasteiger partial charge >= 0.3 is 0 Å². The van der Waals surface area contributed by atoms with Gasteiger partial charge in [-0.15, -0.1) is 0 Å². The molecule has 0 aromatic carbocycles. The molecule has 0 fully saturated rings. The number of carbonyl (C=O) groups excluding carboxylic acids is 1. The summed E-state index contributed by atoms with van der Waals surface area (Å²) >= 11 is 1.88. The van der Waals surface area contributed by atoms with Gasteiger partial charge in [-0.3, -0.25) is 4.79 Å².